The van der Waals surface area contributed by atoms with Gasteiger partial charge in [0.05, 0.1) is 31.9 Å². The lowest BCUT2D eigenvalue weighted by Crippen LogP contribution is -2.43. The number of nitrogens with zero attached hydrogens (tertiary/aromatic N) is 3. The molecule has 27 heavy (non-hydrogen) atoms. The molecule has 1 aromatic rings. The molecule has 2 atom stereocenters. The number of guanidine groups is 1. The van der Waals surface area contributed by atoms with E-state index < -0.39 is 0 Å². The maximum Gasteiger partial charge on any atom is 0.194 e. The van der Waals surface area contributed by atoms with E-state index >= 15 is 0 Å². The fraction of sp³-hybridized carbons (Fsp3) is 0.632. The van der Waals surface area contributed by atoms with E-state index in [-0.39, 0.29) is 41.9 Å². The molecule has 0 aromatic heterocycles. The van der Waals surface area contributed by atoms with Crippen LogP contribution in [0, 0.1) is 5.82 Å². The Morgan fingerprint density at radius 2 is 2.00 bits per heavy atom. The van der Waals surface area contributed by atoms with Crippen LogP contribution >= 0.6 is 24.0 Å². The zero-order valence-electron chi connectivity index (χ0n) is 15.8. The minimum absolute atomic E-state index is 0. The summed E-state index contributed by atoms with van der Waals surface area (Å²) in [5, 5.41) is 13.1. The van der Waals surface area contributed by atoms with Crippen LogP contribution in [-0.2, 0) is 4.74 Å². The molecule has 2 heterocycles. The average molecular weight is 492 g/mol. The first-order chi connectivity index (χ1) is 12.7. The molecule has 0 amide bonds. The summed E-state index contributed by atoms with van der Waals surface area (Å²) in [7, 11) is 0. The van der Waals surface area contributed by atoms with Crippen LogP contribution in [0.25, 0.3) is 0 Å². The van der Waals surface area contributed by atoms with Crippen molar-refractivity contribution in [3.05, 3.63) is 35.6 Å². The van der Waals surface area contributed by atoms with E-state index in [1.54, 1.807) is 0 Å². The topological polar surface area (TPSA) is 60.3 Å². The van der Waals surface area contributed by atoms with Crippen LogP contribution in [0.3, 0.4) is 0 Å². The highest BCUT2D eigenvalue weighted by molar-refractivity contribution is 14.0. The molecular formula is C19H30FIN4O2. The van der Waals surface area contributed by atoms with Gasteiger partial charge in [-0.05, 0) is 31.0 Å². The number of aliphatic hydroxyl groups is 1. The first-order valence-corrected chi connectivity index (χ1v) is 9.46. The molecule has 2 aliphatic heterocycles. The fourth-order valence-corrected chi connectivity index (χ4v) is 3.54. The smallest absolute Gasteiger partial charge is 0.194 e. The molecular weight excluding hydrogens is 462 g/mol. The lowest BCUT2D eigenvalue weighted by Gasteiger charge is -2.34. The zero-order valence-corrected chi connectivity index (χ0v) is 18.1. The number of β-amino-alcohol motifs (C(OH)–C–C–N with tert-alkyl or cyclic N) is 1. The highest BCUT2D eigenvalue weighted by Gasteiger charge is 2.25. The summed E-state index contributed by atoms with van der Waals surface area (Å²) < 4.78 is 18.8. The van der Waals surface area contributed by atoms with Crippen LogP contribution in [0.15, 0.2) is 29.3 Å². The lowest BCUT2D eigenvalue weighted by molar-refractivity contribution is 0.0179. The largest absolute Gasteiger partial charge is 0.391 e. The van der Waals surface area contributed by atoms with Gasteiger partial charge < -0.3 is 20.1 Å². The lowest BCUT2D eigenvalue weighted by atomic mass is 10.0. The highest BCUT2D eigenvalue weighted by atomic mass is 127. The highest BCUT2D eigenvalue weighted by Crippen LogP contribution is 2.23. The Hall–Kier alpha value is -0.970. The number of rotatable bonds is 5. The first kappa shape index (κ1) is 22.3. The number of likely N-dealkylation sites (tertiary alicyclic amines) is 1. The Labute approximate surface area is 177 Å². The third-order valence-electron chi connectivity index (χ3n) is 4.95. The zero-order chi connectivity index (χ0) is 18.4. The molecule has 0 radical (unpaired) electrons. The number of aliphatic hydroxyl groups excluding tert-OH is 1. The Kier molecular flexibility index (Phi) is 9.20. The maximum atomic E-state index is 13.3. The average Bonchev–Trinajstić information content (AvgIpc) is 3.09. The quantitative estimate of drug-likeness (QED) is 0.374. The monoisotopic (exact) mass is 492 g/mol. The third-order valence-corrected chi connectivity index (χ3v) is 4.95. The van der Waals surface area contributed by atoms with E-state index in [0.29, 0.717) is 26.3 Å². The van der Waals surface area contributed by atoms with Gasteiger partial charge in [0, 0.05) is 32.7 Å². The second-order valence-electron chi connectivity index (χ2n) is 6.80. The van der Waals surface area contributed by atoms with Crippen molar-refractivity contribution in [2.75, 3.05) is 52.5 Å². The van der Waals surface area contributed by atoms with Crippen molar-refractivity contribution in [1.29, 1.82) is 0 Å². The Morgan fingerprint density at radius 1 is 1.30 bits per heavy atom. The molecule has 2 fully saturated rings. The first-order valence-electron chi connectivity index (χ1n) is 9.46. The molecule has 152 valence electrons. The van der Waals surface area contributed by atoms with E-state index in [1.807, 2.05) is 19.1 Å². The molecule has 3 rings (SSSR count). The third kappa shape index (κ3) is 6.27. The summed E-state index contributed by atoms with van der Waals surface area (Å²) in [6.07, 6.45) is 0.487. The van der Waals surface area contributed by atoms with Crippen molar-refractivity contribution in [3.63, 3.8) is 0 Å². The van der Waals surface area contributed by atoms with Crippen molar-refractivity contribution in [2.24, 2.45) is 4.99 Å². The molecule has 2 aliphatic rings. The molecule has 0 aliphatic carbocycles. The van der Waals surface area contributed by atoms with Crippen LogP contribution < -0.4 is 5.32 Å². The van der Waals surface area contributed by atoms with E-state index in [4.69, 9.17) is 9.73 Å². The minimum Gasteiger partial charge on any atom is -0.391 e. The SMILES string of the molecule is CCNC(=NCC(c1ccc(F)cc1)N1CCOCC1)N1CC[C@@H](O)C1.I. The predicted octanol–water partition coefficient (Wildman–Crippen LogP) is 1.85. The number of halogens is 2. The van der Waals surface area contributed by atoms with Gasteiger partial charge in [-0.2, -0.15) is 0 Å². The fourth-order valence-electron chi connectivity index (χ4n) is 3.54. The summed E-state index contributed by atoms with van der Waals surface area (Å²) >= 11 is 0. The van der Waals surface area contributed by atoms with E-state index in [1.165, 1.54) is 12.1 Å². The second kappa shape index (κ2) is 11.1. The number of hydrogen-bond acceptors (Lipinski definition) is 4. The summed E-state index contributed by atoms with van der Waals surface area (Å²) in [5.74, 6) is 0.613. The second-order valence-corrected chi connectivity index (χ2v) is 6.80. The van der Waals surface area contributed by atoms with Crippen molar-refractivity contribution >= 4 is 29.9 Å². The van der Waals surface area contributed by atoms with Gasteiger partial charge in [-0.15, -0.1) is 24.0 Å². The Morgan fingerprint density at radius 3 is 2.59 bits per heavy atom. The van der Waals surface area contributed by atoms with E-state index in [9.17, 15) is 9.50 Å². The Balaban J connectivity index is 0.00000261. The van der Waals surface area contributed by atoms with Gasteiger partial charge >= 0.3 is 0 Å². The number of nitrogens with one attached hydrogen (secondary N) is 1. The standard InChI is InChI=1S/C19H29FN4O2.HI/c1-2-21-19(24-8-7-17(25)14-24)22-13-18(23-9-11-26-12-10-23)15-3-5-16(20)6-4-15;/h3-6,17-18,25H,2,7-14H2,1H3,(H,21,22);1H/t17-,18?;/m1./s1. The molecule has 6 nitrogen and oxygen atoms in total. The molecule has 2 N–H and O–H groups in total. The molecule has 0 spiro atoms. The Bertz CT molecular complexity index is 596. The normalized spacial score (nSPS) is 22.4. The molecule has 0 saturated carbocycles. The minimum atomic E-state index is -0.286. The van der Waals surface area contributed by atoms with Crippen LogP contribution in [0.2, 0.25) is 0 Å². The summed E-state index contributed by atoms with van der Waals surface area (Å²) in [5.41, 5.74) is 1.06. The van der Waals surface area contributed by atoms with E-state index in [2.05, 4.69) is 15.1 Å². The van der Waals surface area contributed by atoms with Crippen LogP contribution in [0.1, 0.15) is 24.9 Å². The number of hydrogen-bond donors (Lipinski definition) is 2. The van der Waals surface area contributed by atoms with Crippen molar-refractivity contribution in [1.82, 2.24) is 15.1 Å². The van der Waals surface area contributed by atoms with Crippen LogP contribution in [0.4, 0.5) is 4.39 Å². The van der Waals surface area contributed by atoms with Gasteiger partial charge in [0.25, 0.3) is 0 Å². The molecule has 1 aromatic carbocycles. The van der Waals surface area contributed by atoms with Crippen molar-refractivity contribution in [3.8, 4) is 0 Å². The van der Waals surface area contributed by atoms with Gasteiger partial charge in [0.2, 0.25) is 0 Å². The van der Waals surface area contributed by atoms with Crippen LogP contribution in [-0.4, -0.2) is 79.5 Å². The van der Waals surface area contributed by atoms with Gasteiger partial charge in [-0.1, -0.05) is 12.1 Å². The molecule has 2 saturated heterocycles. The predicted molar refractivity (Wildman–Crippen MR) is 115 cm³/mol. The number of ether oxygens (including phenoxy) is 1. The molecule has 1 unspecified atom stereocenters. The van der Waals surface area contributed by atoms with Gasteiger partial charge in [0.1, 0.15) is 5.82 Å². The molecule has 8 heteroatoms. The van der Waals surface area contributed by atoms with Crippen molar-refractivity contribution < 1.29 is 14.2 Å². The van der Waals surface area contributed by atoms with Gasteiger partial charge in [-0.25, -0.2) is 4.39 Å². The van der Waals surface area contributed by atoms with Crippen LogP contribution in [0.5, 0.6) is 0 Å². The maximum absolute atomic E-state index is 13.3. The number of morpholine rings is 1. The van der Waals surface area contributed by atoms with E-state index in [0.717, 1.165) is 44.1 Å². The summed E-state index contributed by atoms with van der Waals surface area (Å²) in [6, 6.07) is 6.79. The van der Waals surface area contributed by atoms with Crippen molar-refractivity contribution in [2.45, 2.75) is 25.5 Å². The number of benzene rings is 1. The van der Waals surface area contributed by atoms with Gasteiger partial charge in [0.15, 0.2) is 5.96 Å². The summed E-state index contributed by atoms with van der Waals surface area (Å²) in [6.45, 7) is 7.94. The summed E-state index contributed by atoms with van der Waals surface area (Å²) in [4.78, 5) is 9.30. The van der Waals surface area contributed by atoms with Gasteiger partial charge in [-0.3, -0.25) is 9.89 Å². The number of aliphatic imine (C=N–C) groups is 1. The molecule has 0 bridgehead atoms.